The maximum Gasteiger partial charge on any atom is 0.412 e. The number of nitrogens with zero attached hydrogens (tertiary/aromatic N) is 3. The van der Waals surface area contributed by atoms with Crippen LogP contribution in [-0.2, 0) is 25.9 Å². The zero-order valence-electron chi connectivity index (χ0n) is 22.3. The highest BCUT2D eigenvalue weighted by molar-refractivity contribution is 7.90. The van der Waals surface area contributed by atoms with E-state index in [0.717, 1.165) is 11.8 Å². The number of aromatic nitrogens is 2. The number of carbonyl (C=O) groups is 2. The summed E-state index contributed by atoms with van der Waals surface area (Å²) in [6.45, 7) is 8.83. The second-order valence-corrected chi connectivity index (χ2v) is 11.8. The smallest absolute Gasteiger partial charge is 0.412 e. The van der Waals surface area contributed by atoms with Gasteiger partial charge in [0.25, 0.3) is 0 Å². The third-order valence-corrected chi connectivity index (χ3v) is 6.30. The predicted octanol–water partition coefficient (Wildman–Crippen LogP) is 5.08. The SMILES string of the molecule is CC(=O)N(Cc1cnc(S(C)(=O)=O)nc1Nc1cccc(NC(=O)OC(C)(C)C)c1)C(C)c1ccccc1. The molecule has 0 bridgehead atoms. The molecule has 1 aromatic heterocycles. The van der Waals surface area contributed by atoms with Gasteiger partial charge in [0.1, 0.15) is 11.4 Å². The molecule has 2 aromatic carbocycles. The summed E-state index contributed by atoms with van der Waals surface area (Å²) in [4.78, 5) is 34.8. The maximum atomic E-state index is 12.6. The van der Waals surface area contributed by atoms with Crippen molar-refractivity contribution in [1.29, 1.82) is 0 Å². The fourth-order valence-electron chi connectivity index (χ4n) is 3.64. The van der Waals surface area contributed by atoms with Gasteiger partial charge in [-0.1, -0.05) is 36.4 Å². The van der Waals surface area contributed by atoms with Gasteiger partial charge in [-0.2, -0.15) is 0 Å². The van der Waals surface area contributed by atoms with Gasteiger partial charge >= 0.3 is 6.09 Å². The largest absolute Gasteiger partial charge is 0.444 e. The molecule has 1 unspecified atom stereocenters. The second-order valence-electron chi connectivity index (χ2n) is 9.86. The molecular formula is C27H33N5O5S. The summed E-state index contributed by atoms with van der Waals surface area (Å²) in [5.41, 5.74) is 1.81. The summed E-state index contributed by atoms with van der Waals surface area (Å²) in [6, 6.07) is 16.1. The van der Waals surface area contributed by atoms with Crippen LogP contribution in [0.4, 0.5) is 22.0 Å². The Hall–Kier alpha value is -3.99. The lowest BCUT2D eigenvalue weighted by molar-refractivity contribution is -0.131. The molecule has 2 amide bonds. The third-order valence-electron chi connectivity index (χ3n) is 5.44. The Bertz CT molecular complexity index is 1400. The predicted molar refractivity (Wildman–Crippen MR) is 146 cm³/mol. The van der Waals surface area contributed by atoms with Crippen LogP contribution in [0.15, 0.2) is 66.0 Å². The Kier molecular flexibility index (Phi) is 8.72. The lowest BCUT2D eigenvalue weighted by Gasteiger charge is -2.29. The van der Waals surface area contributed by atoms with E-state index in [9.17, 15) is 18.0 Å². The average molecular weight is 540 g/mol. The van der Waals surface area contributed by atoms with Gasteiger partial charge in [-0.25, -0.2) is 23.2 Å². The molecule has 2 N–H and O–H groups in total. The molecule has 1 heterocycles. The van der Waals surface area contributed by atoms with E-state index < -0.39 is 21.5 Å². The molecule has 0 fully saturated rings. The first-order valence-electron chi connectivity index (χ1n) is 12.0. The monoisotopic (exact) mass is 539 g/mol. The normalized spacial score (nSPS) is 12.4. The lowest BCUT2D eigenvalue weighted by atomic mass is 10.1. The van der Waals surface area contributed by atoms with Gasteiger partial charge < -0.3 is 15.0 Å². The number of hydrogen-bond donors (Lipinski definition) is 2. The van der Waals surface area contributed by atoms with Gasteiger partial charge in [0.05, 0.1) is 12.6 Å². The highest BCUT2D eigenvalue weighted by Gasteiger charge is 2.23. The number of benzene rings is 2. The van der Waals surface area contributed by atoms with Crippen LogP contribution in [0.2, 0.25) is 0 Å². The Morgan fingerprint density at radius 1 is 1.05 bits per heavy atom. The molecule has 0 spiro atoms. The van der Waals surface area contributed by atoms with Crippen molar-refractivity contribution >= 4 is 39.0 Å². The number of hydrogen-bond acceptors (Lipinski definition) is 8. The Morgan fingerprint density at radius 3 is 2.32 bits per heavy atom. The van der Waals surface area contributed by atoms with Crippen molar-refractivity contribution in [1.82, 2.24) is 14.9 Å². The van der Waals surface area contributed by atoms with Crippen molar-refractivity contribution in [3.63, 3.8) is 0 Å². The summed E-state index contributed by atoms with van der Waals surface area (Å²) in [6.07, 6.45) is 1.82. The number of amides is 2. The number of sulfone groups is 1. The molecule has 0 saturated heterocycles. The molecule has 0 saturated carbocycles. The standard InChI is InChI=1S/C27H33N5O5S/c1-18(20-11-8-7-9-12-20)32(19(2)33)17-21-16-28-25(38(6,35)36)31-24(21)29-22-13-10-14-23(15-22)30-26(34)37-27(3,4)5/h7-16,18H,17H2,1-6H3,(H,30,34)(H,28,29,31). The van der Waals surface area contributed by atoms with Crippen LogP contribution in [0.1, 0.15) is 51.8 Å². The molecule has 11 heteroatoms. The van der Waals surface area contributed by atoms with Crippen LogP contribution in [0.5, 0.6) is 0 Å². The summed E-state index contributed by atoms with van der Waals surface area (Å²) in [5, 5.41) is 5.45. The Morgan fingerprint density at radius 2 is 1.71 bits per heavy atom. The van der Waals surface area contributed by atoms with Gasteiger partial charge in [0.15, 0.2) is 0 Å². The minimum Gasteiger partial charge on any atom is -0.444 e. The van der Waals surface area contributed by atoms with E-state index in [1.807, 2.05) is 37.3 Å². The fraction of sp³-hybridized carbons (Fsp3) is 0.333. The first-order valence-corrected chi connectivity index (χ1v) is 13.9. The summed E-state index contributed by atoms with van der Waals surface area (Å²) in [5.74, 6) is 0.0596. The van der Waals surface area contributed by atoms with Crippen molar-refractivity contribution in [2.45, 2.75) is 58.0 Å². The number of anilines is 3. The van der Waals surface area contributed by atoms with E-state index in [2.05, 4.69) is 20.6 Å². The van der Waals surface area contributed by atoms with Crippen molar-refractivity contribution in [2.24, 2.45) is 0 Å². The van der Waals surface area contributed by atoms with Gasteiger partial charge in [-0.3, -0.25) is 10.1 Å². The van der Waals surface area contributed by atoms with E-state index in [1.165, 1.54) is 13.1 Å². The van der Waals surface area contributed by atoms with E-state index >= 15 is 0 Å². The fourth-order valence-corrected chi connectivity index (χ4v) is 4.14. The van der Waals surface area contributed by atoms with Crippen LogP contribution in [0.3, 0.4) is 0 Å². The molecule has 1 atom stereocenters. The van der Waals surface area contributed by atoms with Crippen molar-refractivity contribution < 1.29 is 22.7 Å². The first-order chi connectivity index (χ1) is 17.7. The molecule has 3 rings (SSSR count). The summed E-state index contributed by atoms with van der Waals surface area (Å²) >= 11 is 0. The van der Waals surface area contributed by atoms with Crippen molar-refractivity contribution in [3.8, 4) is 0 Å². The highest BCUT2D eigenvalue weighted by Crippen LogP contribution is 2.27. The minimum absolute atomic E-state index is 0.133. The topological polar surface area (TPSA) is 131 Å². The van der Waals surface area contributed by atoms with Crippen LogP contribution in [0, 0.1) is 0 Å². The zero-order valence-corrected chi connectivity index (χ0v) is 23.2. The Labute approximate surface area is 223 Å². The van der Waals surface area contributed by atoms with E-state index in [0.29, 0.717) is 16.9 Å². The van der Waals surface area contributed by atoms with Gasteiger partial charge in [0, 0.05) is 36.3 Å². The second kappa shape index (κ2) is 11.6. The molecule has 10 nitrogen and oxygen atoms in total. The van der Waals surface area contributed by atoms with Gasteiger partial charge in [-0.15, -0.1) is 0 Å². The van der Waals surface area contributed by atoms with Crippen LogP contribution in [-0.4, -0.2) is 47.1 Å². The van der Waals surface area contributed by atoms with Crippen LogP contribution < -0.4 is 10.6 Å². The van der Waals surface area contributed by atoms with E-state index in [1.54, 1.807) is 49.9 Å². The highest BCUT2D eigenvalue weighted by atomic mass is 32.2. The molecule has 0 aliphatic heterocycles. The van der Waals surface area contributed by atoms with Crippen LogP contribution >= 0.6 is 0 Å². The number of nitrogens with one attached hydrogen (secondary N) is 2. The quantitative estimate of drug-likeness (QED) is 0.379. The molecular weight excluding hydrogens is 506 g/mol. The third kappa shape index (κ3) is 8.01. The average Bonchev–Trinajstić information content (AvgIpc) is 2.81. The number of carbonyl (C=O) groups excluding carboxylic acids is 2. The number of ether oxygens (including phenoxy) is 1. The van der Waals surface area contributed by atoms with Crippen molar-refractivity contribution in [2.75, 3.05) is 16.9 Å². The number of rotatable bonds is 8. The maximum absolute atomic E-state index is 12.6. The molecule has 202 valence electrons. The molecule has 0 aliphatic rings. The van der Waals surface area contributed by atoms with Gasteiger partial charge in [-0.05, 0) is 51.5 Å². The first kappa shape index (κ1) is 28.6. The van der Waals surface area contributed by atoms with E-state index in [-0.39, 0.29) is 29.5 Å². The van der Waals surface area contributed by atoms with Crippen LogP contribution in [0.25, 0.3) is 0 Å². The lowest BCUT2D eigenvalue weighted by Crippen LogP contribution is -2.31. The van der Waals surface area contributed by atoms with Crippen molar-refractivity contribution in [3.05, 3.63) is 71.9 Å². The zero-order chi connectivity index (χ0) is 28.1. The summed E-state index contributed by atoms with van der Waals surface area (Å²) < 4.78 is 29.7. The molecule has 0 aliphatic carbocycles. The van der Waals surface area contributed by atoms with Gasteiger partial charge in [0.2, 0.25) is 20.9 Å². The summed E-state index contributed by atoms with van der Waals surface area (Å²) in [7, 11) is -3.70. The molecule has 3 aromatic rings. The molecule has 38 heavy (non-hydrogen) atoms. The minimum atomic E-state index is -3.70. The Balaban J connectivity index is 1.94. The molecule has 0 radical (unpaired) electrons. The van der Waals surface area contributed by atoms with E-state index in [4.69, 9.17) is 4.74 Å².